The molecule has 0 bridgehead atoms. The lowest BCUT2D eigenvalue weighted by Crippen LogP contribution is -1.96. The van der Waals surface area contributed by atoms with Crippen LogP contribution in [-0.2, 0) is 0 Å². The summed E-state index contributed by atoms with van der Waals surface area (Å²) in [5.74, 6) is -1.67. The molecule has 0 aliphatic carbocycles. The van der Waals surface area contributed by atoms with Crippen LogP contribution in [0.5, 0.6) is 11.6 Å². The number of nitrogens with zero attached hydrogens (tertiary/aromatic N) is 1. The fourth-order valence-corrected chi connectivity index (χ4v) is 1.40. The van der Waals surface area contributed by atoms with Crippen LogP contribution in [0, 0.1) is 5.82 Å². The summed E-state index contributed by atoms with van der Waals surface area (Å²) in [7, 11) is 0. The van der Waals surface area contributed by atoms with E-state index in [1.807, 2.05) is 0 Å². The summed E-state index contributed by atoms with van der Waals surface area (Å²) in [5.41, 5.74) is 0.117. The van der Waals surface area contributed by atoms with Crippen molar-refractivity contribution in [1.29, 1.82) is 0 Å². The predicted molar refractivity (Wildman–Crippen MR) is 62.7 cm³/mol. The molecule has 0 aliphatic rings. The van der Waals surface area contributed by atoms with E-state index in [1.54, 1.807) is 0 Å². The van der Waals surface area contributed by atoms with E-state index in [1.165, 1.54) is 30.5 Å². The molecule has 0 radical (unpaired) electrons. The second kappa shape index (κ2) is 5.01. The molecule has 0 atom stereocenters. The van der Waals surface area contributed by atoms with Crippen molar-refractivity contribution >= 4 is 17.6 Å². The largest absolute Gasteiger partial charge is 0.478 e. The van der Waals surface area contributed by atoms with Crippen LogP contribution in [0.2, 0.25) is 5.02 Å². The Labute approximate surface area is 107 Å². The first-order valence-corrected chi connectivity index (χ1v) is 5.26. The molecule has 0 spiro atoms. The van der Waals surface area contributed by atoms with Crippen LogP contribution in [0.15, 0.2) is 36.5 Å². The van der Waals surface area contributed by atoms with E-state index in [9.17, 15) is 9.18 Å². The van der Waals surface area contributed by atoms with Crippen molar-refractivity contribution in [3.8, 4) is 11.6 Å². The fourth-order valence-electron chi connectivity index (χ4n) is 1.25. The van der Waals surface area contributed by atoms with Crippen LogP contribution in [-0.4, -0.2) is 16.1 Å². The minimum Gasteiger partial charge on any atom is -0.478 e. The van der Waals surface area contributed by atoms with Gasteiger partial charge in [0.25, 0.3) is 5.88 Å². The zero-order valence-corrected chi connectivity index (χ0v) is 9.69. The molecule has 1 aromatic carbocycles. The molecule has 4 nitrogen and oxygen atoms in total. The smallest absolute Gasteiger partial charge is 0.335 e. The van der Waals surface area contributed by atoms with Crippen molar-refractivity contribution in [1.82, 2.24) is 4.98 Å². The van der Waals surface area contributed by atoms with Crippen molar-refractivity contribution < 1.29 is 19.0 Å². The van der Waals surface area contributed by atoms with E-state index >= 15 is 0 Å². The summed E-state index contributed by atoms with van der Waals surface area (Å²) in [6.07, 6.45) is 1.26. The van der Waals surface area contributed by atoms with Crippen LogP contribution in [0.3, 0.4) is 0 Å². The number of halogens is 2. The molecule has 1 heterocycles. The van der Waals surface area contributed by atoms with Crippen LogP contribution in [0.4, 0.5) is 4.39 Å². The molecule has 0 amide bonds. The molecular formula is C12H7ClFNO3. The maximum Gasteiger partial charge on any atom is 0.335 e. The van der Waals surface area contributed by atoms with Gasteiger partial charge in [0, 0.05) is 6.20 Å². The highest BCUT2D eigenvalue weighted by Gasteiger charge is 2.08. The molecule has 0 saturated heterocycles. The first-order valence-electron chi connectivity index (χ1n) is 4.88. The predicted octanol–water partition coefficient (Wildman–Crippen LogP) is 3.36. The van der Waals surface area contributed by atoms with Gasteiger partial charge in [-0.25, -0.2) is 14.2 Å². The van der Waals surface area contributed by atoms with Crippen molar-refractivity contribution in [2.24, 2.45) is 0 Å². The second-order valence-corrected chi connectivity index (χ2v) is 3.81. The summed E-state index contributed by atoms with van der Waals surface area (Å²) >= 11 is 5.55. The second-order valence-electron chi connectivity index (χ2n) is 3.37. The zero-order chi connectivity index (χ0) is 13.1. The van der Waals surface area contributed by atoms with E-state index in [0.29, 0.717) is 0 Å². The average Bonchev–Trinajstić information content (AvgIpc) is 2.33. The van der Waals surface area contributed by atoms with E-state index in [2.05, 4.69) is 4.98 Å². The lowest BCUT2D eigenvalue weighted by molar-refractivity contribution is 0.0697. The lowest BCUT2D eigenvalue weighted by atomic mass is 10.2. The fraction of sp³-hybridized carbons (Fsp3) is 0. The number of pyridine rings is 1. The lowest BCUT2D eigenvalue weighted by Gasteiger charge is -2.05. The van der Waals surface area contributed by atoms with E-state index in [0.717, 1.165) is 6.07 Å². The summed E-state index contributed by atoms with van der Waals surface area (Å²) in [6, 6.07) is 6.62. The monoisotopic (exact) mass is 267 g/mol. The summed E-state index contributed by atoms with van der Waals surface area (Å²) in [6.45, 7) is 0. The quantitative estimate of drug-likeness (QED) is 0.926. The molecule has 1 aromatic heterocycles. The minimum atomic E-state index is -1.04. The number of carboxylic acids is 1. The third kappa shape index (κ3) is 2.75. The minimum absolute atomic E-state index is 0.117. The third-order valence-corrected chi connectivity index (χ3v) is 2.30. The van der Waals surface area contributed by atoms with Gasteiger partial charge in [-0.15, -0.1) is 0 Å². The van der Waals surface area contributed by atoms with Gasteiger partial charge in [-0.3, -0.25) is 0 Å². The molecule has 2 rings (SSSR count). The van der Waals surface area contributed by atoms with Crippen molar-refractivity contribution in [3.63, 3.8) is 0 Å². The van der Waals surface area contributed by atoms with Crippen molar-refractivity contribution in [2.45, 2.75) is 0 Å². The molecule has 6 heteroatoms. The molecule has 0 aliphatic heterocycles. The van der Waals surface area contributed by atoms with Gasteiger partial charge in [0.05, 0.1) is 10.6 Å². The van der Waals surface area contributed by atoms with E-state index < -0.39 is 11.8 Å². The molecular weight excluding hydrogens is 261 g/mol. The topological polar surface area (TPSA) is 59.4 Å². The Balaban J connectivity index is 2.21. The number of aromatic nitrogens is 1. The van der Waals surface area contributed by atoms with E-state index in [4.69, 9.17) is 21.4 Å². The number of benzene rings is 1. The Kier molecular flexibility index (Phi) is 3.43. The number of ether oxygens (including phenoxy) is 1. The van der Waals surface area contributed by atoms with E-state index in [-0.39, 0.29) is 22.2 Å². The molecule has 2 aromatic rings. The number of carboxylic acid groups (broad SMARTS) is 1. The zero-order valence-electron chi connectivity index (χ0n) is 8.93. The van der Waals surface area contributed by atoms with Gasteiger partial charge in [-0.1, -0.05) is 11.6 Å². The van der Waals surface area contributed by atoms with Gasteiger partial charge in [-0.05, 0) is 30.3 Å². The van der Waals surface area contributed by atoms with Crippen LogP contribution in [0.1, 0.15) is 10.4 Å². The molecule has 0 fully saturated rings. The number of rotatable bonds is 3. The highest BCUT2D eigenvalue weighted by Crippen LogP contribution is 2.24. The standard InChI is InChI=1S/C12H7ClFNO3/c13-8-5-10(14)11(15-6-8)18-9-3-1-7(2-4-9)12(16)17/h1-6H,(H,16,17). The Morgan fingerprint density at radius 1 is 1.33 bits per heavy atom. The number of hydrogen-bond acceptors (Lipinski definition) is 3. The molecule has 92 valence electrons. The molecule has 0 saturated carbocycles. The average molecular weight is 268 g/mol. The summed E-state index contributed by atoms with van der Waals surface area (Å²) < 4.78 is 18.5. The first kappa shape index (κ1) is 12.3. The summed E-state index contributed by atoms with van der Waals surface area (Å²) in [4.78, 5) is 14.3. The number of hydrogen-bond donors (Lipinski definition) is 1. The third-order valence-electron chi connectivity index (χ3n) is 2.09. The Morgan fingerprint density at radius 2 is 2.00 bits per heavy atom. The highest BCUT2D eigenvalue weighted by molar-refractivity contribution is 6.30. The highest BCUT2D eigenvalue weighted by atomic mass is 35.5. The Hall–Kier alpha value is -2.14. The number of carbonyl (C=O) groups is 1. The van der Waals surface area contributed by atoms with Crippen molar-refractivity contribution in [2.75, 3.05) is 0 Å². The molecule has 0 unspecified atom stereocenters. The Bertz CT molecular complexity index is 586. The normalized spacial score (nSPS) is 10.1. The van der Waals surface area contributed by atoms with Crippen molar-refractivity contribution in [3.05, 3.63) is 52.9 Å². The SMILES string of the molecule is O=C(O)c1ccc(Oc2ncc(Cl)cc2F)cc1. The van der Waals surface area contributed by atoms with Gasteiger partial charge in [-0.2, -0.15) is 0 Å². The maximum atomic E-state index is 13.4. The Morgan fingerprint density at radius 3 is 2.56 bits per heavy atom. The van der Waals surface area contributed by atoms with Gasteiger partial charge >= 0.3 is 5.97 Å². The van der Waals surface area contributed by atoms with Gasteiger partial charge in [0.1, 0.15) is 5.75 Å². The maximum absolute atomic E-state index is 13.4. The molecule has 18 heavy (non-hydrogen) atoms. The van der Waals surface area contributed by atoms with Crippen LogP contribution >= 0.6 is 11.6 Å². The number of aromatic carboxylic acids is 1. The molecule has 1 N–H and O–H groups in total. The van der Waals surface area contributed by atoms with Gasteiger partial charge in [0.2, 0.25) is 0 Å². The van der Waals surface area contributed by atoms with Gasteiger partial charge in [0.15, 0.2) is 5.82 Å². The van der Waals surface area contributed by atoms with Gasteiger partial charge < -0.3 is 9.84 Å². The van der Waals surface area contributed by atoms with Crippen LogP contribution in [0.25, 0.3) is 0 Å². The van der Waals surface area contributed by atoms with Crippen LogP contribution < -0.4 is 4.74 Å². The first-order chi connectivity index (χ1) is 8.56. The summed E-state index contributed by atoms with van der Waals surface area (Å²) in [5, 5.41) is 8.88.